The van der Waals surface area contributed by atoms with E-state index in [9.17, 15) is 15.2 Å². The zero-order valence-corrected chi connectivity index (χ0v) is 13.5. The summed E-state index contributed by atoms with van der Waals surface area (Å²) in [6.07, 6.45) is 5.95. The van der Waals surface area contributed by atoms with Crippen molar-refractivity contribution in [3.8, 4) is 6.07 Å². The minimum absolute atomic E-state index is 0.152. The molecule has 2 N–H and O–H groups in total. The fourth-order valence-corrected chi connectivity index (χ4v) is 4.42. The number of aliphatic hydroxyl groups excluding tert-OH is 1. The topological polar surface area (TPSA) is 93.0 Å². The lowest BCUT2D eigenvalue weighted by Crippen LogP contribution is -2.48. The van der Waals surface area contributed by atoms with Crippen molar-refractivity contribution in [2.45, 2.75) is 25.7 Å². The predicted molar refractivity (Wildman–Crippen MR) is 90.8 cm³/mol. The van der Waals surface area contributed by atoms with E-state index in [1.54, 1.807) is 12.3 Å². The van der Waals surface area contributed by atoms with E-state index in [4.69, 9.17) is 0 Å². The van der Waals surface area contributed by atoms with Crippen molar-refractivity contribution >= 4 is 16.7 Å². The van der Waals surface area contributed by atoms with Gasteiger partial charge in [0, 0.05) is 25.9 Å². The highest BCUT2D eigenvalue weighted by Crippen LogP contribution is 2.52. The summed E-state index contributed by atoms with van der Waals surface area (Å²) in [6, 6.07) is 5.66. The van der Waals surface area contributed by atoms with Crippen LogP contribution in [0.1, 0.15) is 31.2 Å². The van der Waals surface area contributed by atoms with Gasteiger partial charge in [-0.2, -0.15) is 5.26 Å². The first-order valence-electron chi connectivity index (χ1n) is 8.43. The average molecular weight is 324 g/mol. The van der Waals surface area contributed by atoms with Gasteiger partial charge in [-0.15, -0.1) is 0 Å². The van der Waals surface area contributed by atoms with Gasteiger partial charge in [-0.25, -0.2) is 0 Å². The van der Waals surface area contributed by atoms with Crippen LogP contribution in [-0.2, 0) is 0 Å². The van der Waals surface area contributed by atoms with Crippen LogP contribution in [0, 0.1) is 22.7 Å². The summed E-state index contributed by atoms with van der Waals surface area (Å²) in [7, 11) is 0. The molecular weight excluding hydrogens is 304 g/mol. The summed E-state index contributed by atoms with van der Waals surface area (Å²) in [5, 5.41) is 18.7. The molecule has 2 fully saturated rings. The van der Waals surface area contributed by atoms with Crippen LogP contribution < -0.4 is 10.5 Å². The molecule has 0 bridgehead atoms. The second kappa shape index (κ2) is 5.60. The van der Waals surface area contributed by atoms with Gasteiger partial charge in [0.15, 0.2) is 0 Å². The first-order chi connectivity index (χ1) is 11.7. The molecule has 1 aliphatic heterocycles. The van der Waals surface area contributed by atoms with Crippen LogP contribution in [0.2, 0.25) is 0 Å². The van der Waals surface area contributed by atoms with Gasteiger partial charge in [-0.1, -0.05) is 0 Å². The molecular formula is C18H20N4O2. The second-order valence-electron chi connectivity index (χ2n) is 7.13. The number of nitrogens with one attached hydrogen (secondary N) is 1. The maximum Gasteiger partial charge on any atom is 0.268 e. The number of piperidine rings is 1. The van der Waals surface area contributed by atoms with E-state index in [1.807, 2.05) is 6.07 Å². The number of nitrogens with zero attached hydrogens (tertiary/aromatic N) is 3. The molecule has 2 aliphatic rings. The molecule has 6 nitrogen and oxygen atoms in total. The van der Waals surface area contributed by atoms with Crippen LogP contribution in [0.5, 0.6) is 0 Å². The minimum Gasteiger partial charge on any atom is -0.396 e. The first kappa shape index (κ1) is 15.2. The summed E-state index contributed by atoms with van der Waals surface area (Å²) in [4.78, 5) is 21.5. The van der Waals surface area contributed by atoms with E-state index in [0.29, 0.717) is 28.1 Å². The van der Waals surface area contributed by atoms with Crippen LogP contribution in [-0.4, -0.2) is 34.8 Å². The van der Waals surface area contributed by atoms with E-state index < -0.39 is 0 Å². The van der Waals surface area contributed by atoms with E-state index >= 15 is 0 Å². The molecule has 0 atom stereocenters. The minimum atomic E-state index is -0.350. The summed E-state index contributed by atoms with van der Waals surface area (Å²) >= 11 is 0. The van der Waals surface area contributed by atoms with E-state index in [0.717, 1.165) is 38.8 Å². The lowest BCUT2D eigenvalue weighted by molar-refractivity contribution is -0.00295. The number of anilines is 1. The van der Waals surface area contributed by atoms with Gasteiger partial charge in [0.1, 0.15) is 17.1 Å². The van der Waals surface area contributed by atoms with Crippen molar-refractivity contribution in [1.29, 1.82) is 5.26 Å². The Bertz CT molecular complexity index is 867. The molecule has 0 radical (unpaired) electrons. The molecule has 0 aromatic carbocycles. The summed E-state index contributed by atoms with van der Waals surface area (Å²) in [6.45, 7) is 1.93. The fraction of sp³-hybridized carbons (Fsp3) is 0.500. The number of hydrogen-bond donors (Lipinski definition) is 2. The van der Waals surface area contributed by atoms with Crippen molar-refractivity contribution in [3.63, 3.8) is 0 Å². The molecule has 24 heavy (non-hydrogen) atoms. The number of pyridine rings is 2. The Hall–Kier alpha value is -2.39. The number of fused-ring (bicyclic) bond motifs is 1. The molecule has 1 saturated carbocycles. The highest BCUT2D eigenvalue weighted by molar-refractivity contribution is 5.91. The Kier molecular flexibility index (Phi) is 3.54. The van der Waals surface area contributed by atoms with E-state index in [2.05, 4.69) is 20.9 Å². The van der Waals surface area contributed by atoms with Gasteiger partial charge in [-0.05, 0) is 49.1 Å². The first-order valence-corrected chi connectivity index (χ1v) is 8.43. The number of aromatic nitrogens is 2. The molecule has 0 amide bonds. The van der Waals surface area contributed by atoms with Crippen LogP contribution in [0.3, 0.4) is 0 Å². The van der Waals surface area contributed by atoms with Crippen molar-refractivity contribution in [3.05, 3.63) is 34.2 Å². The zero-order chi connectivity index (χ0) is 16.7. The number of rotatable bonds is 2. The fourth-order valence-electron chi connectivity index (χ4n) is 4.42. The van der Waals surface area contributed by atoms with Gasteiger partial charge in [0.05, 0.1) is 11.2 Å². The van der Waals surface area contributed by atoms with Crippen molar-refractivity contribution in [2.24, 2.45) is 11.3 Å². The standard InChI is InChI=1S/C18H20N4O2/c19-10-13-16(15-14(21-17(13)24)2-1-5-20-15)22-6-3-18(4-7-22)8-12(9-18)11-23/h1-2,5,12,23H,3-4,6-9,11H2,(H,21,24). The Morgan fingerprint density at radius 3 is 2.83 bits per heavy atom. The molecule has 1 saturated heterocycles. The lowest BCUT2D eigenvalue weighted by Gasteiger charge is -2.52. The van der Waals surface area contributed by atoms with E-state index in [1.165, 1.54) is 0 Å². The van der Waals surface area contributed by atoms with Crippen LogP contribution in [0.15, 0.2) is 23.1 Å². The summed E-state index contributed by atoms with van der Waals surface area (Å²) in [5.74, 6) is 0.452. The third kappa shape index (κ3) is 2.28. The third-order valence-corrected chi connectivity index (χ3v) is 5.70. The SMILES string of the molecule is N#Cc1c(N2CCC3(CC2)CC(CO)C3)c2ncccc2[nH]c1=O. The van der Waals surface area contributed by atoms with Crippen molar-refractivity contribution < 1.29 is 5.11 Å². The number of nitriles is 1. The van der Waals surface area contributed by atoms with E-state index in [-0.39, 0.29) is 17.7 Å². The van der Waals surface area contributed by atoms with Gasteiger partial charge >= 0.3 is 0 Å². The Labute approximate surface area is 139 Å². The van der Waals surface area contributed by atoms with Crippen LogP contribution >= 0.6 is 0 Å². The van der Waals surface area contributed by atoms with Gasteiger partial charge in [0.2, 0.25) is 0 Å². The second-order valence-corrected chi connectivity index (χ2v) is 7.13. The predicted octanol–water partition coefficient (Wildman–Crippen LogP) is 1.78. The number of H-pyrrole nitrogens is 1. The quantitative estimate of drug-likeness (QED) is 0.878. The Morgan fingerprint density at radius 1 is 1.42 bits per heavy atom. The van der Waals surface area contributed by atoms with Crippen molar-refractivity contribution in [1.82, 2.24) is 9.97 Å². The summed E-state index contributed by atoms with van der Waals surface area (Å²) < 4.78 is 0. The number of aliphatic hydroxyl groups is 1. The van der Waals surface area contributed by atoms with Crippen LogP contribution in [0.25, 0.3) is 11.0 Å². The normalized spacial score (nSPS) is 20.1. The maximum atomic E-state index is 12.2. The molecule has 2 aromatic rings. The van der Waals surface area contributed by atoms with Crippen LogP contribution in [0.4, 0.5) is 5.69 Å². The highest BCUT2D eigenvalue weighted by Gasteiger charge is 2.45. The molecule has 0 unspecified atom stereocenters. The highest BCUT2D eigenvalue weighted by atomic mass is 16.3. The number of aromatic amines is 1. The Morgan fingerprint density at radius 2 is 2.17 bits per heavy atom. The monoisotopic (exact) mass is 324 g/mol. The van der Waals surface area contributed by atoms with Gasteiger partial charge < -0.3 is 15.0 Å². The number of hydrogen-bond acceptors (Lipinski definition) is 5. The molecule has 2 aromatic heterocycles. The third-order valence-electron chi connectivity index (χ3n) is 5.70. The molecule has 124 valence electrons. The molecule has 3 heterocycles. The zero-order valence-electron chi connectivity index (χ0n) is 13.5. The molecule has 6 heteroatoms. The van der Waals surface area contributed by atoms with Gasteiger partial charge in [-0.3, -0.25) is 9.78 Å². The maximum absolute atomic E-state index is 12.2. The smallest absolute Gasteiger partial charge is 0.268 e. The van der Waals surface area contributed by atoms with Crippen molar-refractivity contribution in [2.75, 3.05) is 24.6 Å². The Balaban J connectivity index is 1.68. The summed E-state index contributed by atoms with van der Waals surface area (Å²) in [5.41, 5.74) is 2.18. The lowest BCUT2D eigenvalue weighted by atomic mass is 9.58. The van der Waals surface area contributed by atoms with Gasteiger partial charge in [0.25, 0.3) is 5.56 Å². The molecule has 1 aliphatic carbocycles. The molecule has 1 spiro atoms. The molecule has 4 rings (SSSR count). The largest absolute Gasteiger partial charge is 0.396 e. The average Bonchev–Trinajstić information content (AvgIpc) is 2.58.